The van der Waals surface area contributed by atoms with E-state index < -0.39 is 0 Å². The van der Waals surface area contributed by atoms with Crippen molar-refractivity contribution in [3.63, 3.8) is 0 Å². The second kappa shape index (κ2) is 8.35. The fraction of sp³-hybridized carbons (Fsp3) is 0.364. The second-order valence-corrected chi connectivity index (χ2v) is 7.56. The fourth-order valence-corrected chi connectivity index (χ4v) is 3.23. The molecule has 27 heavy (non-hydrogen) atoms. The highest BCUT2D eigenvalue weighted by Gasteiger charge is 2.16. The predicted octanol–water partition coefficient (Wildman–Crippen LogP) is 4.39. The van der Waals surface area contributed by atoms with Crippen LogP contribution in [0, 0.1) is 5.92 Å². The van der Waals surface area contributed by atoms with Gasteiger partial charge in [0.2, 0.25) is 0 Å². The maximum Gasteiger partial charge on any atom is 0.165 e. The maximum atomic E-state index is 10.2. The Labute approximate surface area is 161 Å². The van der Waals surface area contributed by atoms with E-state index in [0.29, 0.717) is 23.3 Å². The van der Waals surface area contributed by atoms with Crippen LogP contribution in [-0.2, 0) is 0 Å². The quantitative estimate of drug-likeness (QED) is 0.651. The molecule has 2 aromatic carbocycles. The van der Waals surface area contributed by atoms with Crippen LogP contribution in [0.4, 0.5) is 5.82 Å². The monoisotopic (exact) mass is 364 g/mol. The van der Waals surface area contributed by atoms with E-state index in [2.05, 4.69) is 43.1 Å². The van der Waals surface area contributed by atoms with E-state index in [-0.39, 0.29) is 5.75 Å². The number of benzene rings is 2. The molecule has 1 atom stereocenters. The average molecular weight is 364 g/mol. The lowest BCUT2D eigenvalue weighted by atomic mass is 10.0. The van der Waals surface area contributed by atoms with E-state index in [1.807, 2.05) is 36.4 Å². The molecule has 3 rings (SSSR count). The summed E-state index contributed by atoms with van der Waals surface area (Å²) in [5, 5.41) is 14.7. The number of aromatic hydroxyl groups is 1. The number of hydrogen-bond acceptors (Lipinski definition) is 5. The van der Waals surface area contributed by atoms with Crippen molar-refractivity contribution in [2.45, 2.75) is 26.3 Å². The minimum absolute atomic E-state index is 0.185. The van der Waals surface area contributed by atoms with Gasteiger partial charge in [0.15, 0.2) is 5.82 Å². The van der Waals surface area contributed by atoms with Crippen molar-refractivity contribution in [2.24, 2.45) is 5.92 Å². The first-order valence-corrected chi connectivity index (χ1v) is 9.41. The molecule has 142 valence electrons. The Morgan fingerprint density at radius 1 is 1.00 bits per heavy atom. The van der Waals surface area contributed by atoms with Crippen molar-refractivity contribution in [2.75, 3.05) is 26.0 Å². The lowest BCUT2D eigenvalue weighted by molar-refractivity contribution is 0.266. The van der Waals surface area contributed by atoms with Crippen LogP contribution in [0.15, 0.2) is 48.5 Å². The third-order valence-electron chi connectivity index (χ3n) is 4.73. The van der Waals surface area contributed by atoms with Crippen molar-refractivity contribution in [1.29, 1.82) is 0 Å². The van der Waals surface area contributed by atoms with E-state index in [1.54, 1.807) is 12.1 Å². The van der Waals surface area contributed by atoms with Gasteiger partial charge < -0.3 is 15.3 Å². The minimum atomic E-state index is 0.185. The molecule has 0 radical (unpaired) electrons. The number of aromatic nitrogens is 2. The Morgan fingerprint density at radius 2 is 1.70 bits per heavy atom. The van der Waals surface area contributed by atoms with Gasteiger partial charge in [-0.1, -0.05) is 38.1 Å². The highest BCUT2D eigenvalue weighted by Crippen LogP contribution is 2.30. The summed E-state index contributed by atoms with van der Waals surface area (Å²) in [5.74, 6) is 2.14. The van der Waals surface area contributed by atoms with E-state index in [0.717, 1.165) is 29.7 Å². The molecule has 0 aliphatic carbocycles. The molecule has 0 amide bonds. The minimum Gasteiger partial charge on any atom is -0.507 e. The van der Waals surface area contributed by atoms with Gasteiger partial charge in [-0.25, -0.2) is 9.97 Å². The summed E-state index contributed by atoms with van der Waals surface area (Å²) in [7, 11) is 4.22. The number of phenolic OH excluding ortho intramolecular Hbond substituents is 1. The number of hydrogen-bond donors (Lipinski definition) is 2. The zero-order valence-corrected chi connectivity index (χ0v) is 16.5. The highest BCUT2D eigenvalue weighted by atomic mass is 16.3. The number of likely N-dealkylation sites (N-methyl/N-ethyl adjacent to an activating group) is 1. The van der Waals surface area contributed by atoms with Crippen LogP contribution in [0.25, 0.3) is 22.3 Å². The van der Waals surface area contributed by atoms with E-state index in [4.69, 9.17) is 4.98 Å². The van der Waals surface area contributed by atoms with Crippen LogP contribution in [0.1, 0.15) is 20.3 Å². The summed E-state index contributed by atoms with van der Waals surface area (Å²) in [6.07, 6.45) is 1.11. The number of rotatable bonds is 7. The van der Waals surface area contributed by atoms with Gasteiger partial charge in [0.25, 0.3) is 0 Å². The molecule has 5 nitrogen and oxygen atoms in total. The maximum absolute atomic E-state index is 10.2. The summed E-state index contributed by atoms with van der Waals surface area (Å²) in [6, 6.07) is 15.5. The average Bonchev–Trinajstić information content (AvgIpc) is 2.64. The van der Waals surface area contributed by atoms with Gasteiger partial charge in [-0.05, 0) is 50.7 Å². The number of nitrogens with one attached hydrogen (secondary N) is 1. The lowest BCUT2D eigenvalue weighted by Crippen LogP contribution is -2.35. The first-order valence-electron chi connectivity index (χ1n) is 9.41. The van der Waals surface area contributed by atoms with E-state index in [1.165, 1.54) is 0 Å². The summed E-state index contributed by atoms with van der Waals surface area (Å²) < 4.78 is 0. The molecule has 2 N–H and O–H groups in total. The Morgan fingerprint density at radius 3 is 2.41 bits per heavy atom. The summed E-state index contributed by atoms with van der Waals surface area (Å²) in [4.78, 5) is 11.6. The van der Waals surface area contributed by atoms with E-state index in [9.17, 15) is 5.11 Å². The smallest absolute Gasteiger partial charge is 0.165 e. The molecule has 1 heterocycles. The van der Waals surface area contributed by atoms with Crippen LogP contribution in [0.5, 0.6) is 5.75 Å². The Bertz CT molecular complexity index is 908. The van der Waals surface area contributed by atoms with Crippen LogP contribution in [-0.4, -0.2) is 46.7 Å². The van der Waals surface area contributed by atoms with Crippen molar-refractivity contribution >= 4 is 16.7 Å². The van der Waals surface area contributed by atoms with Crippen LogP contribution >= 0.6 is 0 Å². The lowest BCUT2D eigenvalue weighted by Gasteiger charge is -2.26. The summed E-state index contributed by atoms with van der Waals surface area (Å²) in [6.45, 7) is 5.28. The molecule has 0 aliphatic heterocycles. The van der Waals surface area contributed by atoms with Gasteiger partial charge in [0.1, 0.15) is 11.6 Å². The zero-order chi connectivity index (χ0) is 19.4. The third kappa shape index (κ3) is 4.55. The Kier molecular flexibility index (Phi) is 5.91. The van der Waals surface area contributed by atoms with Crippen molar-refractivity contribution in [3.8, 4) is 17.1 Å². The van der Waals surface area contributed by atoms with Crippen molar-refractivity contribution in [3.05, 3.63) is 48.5 Å². The summed E-state index contributed by atoms with van der Waals surface area (Å²) in [5.41, 5.74) is 1.50. The SMILES string of the molecule is CC(C)C[C@H](CNc1nc(-c2ccccc2O)nc2ccccc12)N(C)C. The largest absolute Gasteiger partial charge is 0.507 e. The molecule has 3 aromatic rings. The molecule has 0 spiro atoms. The number of phenols is 1. The fourth-order valence-electron chi connectivity index (χ4n) is 3.23. The van der Waals surface area contributed by atoms with Gasteiger partial charge in [-0.2, -0.15) is 0 Å². The first kappa shape index (κ1) is 19.1. The van der Waals surface area contributed by atoms with Gasteiger partial charge >= 0.3 is 0 Å². The first-order chi connectivity index (χ1) is 13.0. The van der Waals surface area contributed by atoms with Gasteiger partial charge in [-0.15, -0.1) is 0 Å². The highest BCUT2D eigenvalue weighted by molar-refractivity contribution is 5.90. The Hall–Kier alpha value is -2.66. The molecule has 1 aromatic heterocycles. The zero-order valence-electron chi connectivity index (χ0n) is 16.5. The third-order valence-corrected chi connectivity index (χ3v) is 4.73. The van der Waals surface area contributed by atoms with E-state index >= 15 is 0 Å². The number of anilines is 1. The molecule has 0 unspecified atom stereocenters. The van der Waals surface area contributed by atoms with Gasteiger partial charge in [0, 0.05) is 18.0 Å². The molecular weight excluding hydrogens is 336 g/mol. The normalized spacial score (nSPS) is 12.7. The number of para-hydroxylation sites is 2. The van der Waals surface area contributed by atoms with Crippen LogP contribution in [0.2, 0.25) is 0 Å². The van der Waals surface area contributed by atoms with Crippen molar-refractivity contribution < 1.29 is 5.11 Å². The standard InChI is InChI=1S/C22H28N4O/c1-15(2)13-16(26(3)4)14-23-21-17-9-5-7-11-19(17)24-22(25-21)18-10-6-8-12-20(18)27/h5-12,15-16,27H,13-14H2,1-4H3,(H,23,24,25)/t16-/m1/s1. The second-order valence-electron chi connectivity index (χ2n) is 7.56. The summed E-state index contributed by atoms with van der Waals surface area (Å²) >= 11 is 0. The topological polar surface area (TPSA) is 61.3 Å². The van der Waals surface area contributed by atoms with Gasteiger partial charge in [-0.3, -0.25) is 0 Å². The van der Waals surface area contributed by atoms with Crippen LogP contribution < -0.4 is 5.32 Å². The van der Waals surface area contributed by atoms with Crippen molar-refractivity contribution in [1.82, 2.24) is 14.9 Å². The Balaban J connectivity index is 1.97. The molecular formula is C22H28N4O. The molecule has 5 heteroatoms. The molecule has 0 saturated carbocycles. The van der Waals surface area contributed by atoms with Gasteiger partial charge in [0.05, 0.1) is 11.1 Å². The van der Waals surface area contributed by atoms with Crippen LogP contribution in [0.3, 0.4) is 0 Å². The molecule has 0 bridgehead atoms. The molecule has 0 fully saturated rings. The number of fused-ring (bicyclic) bond motifs is 1. The molecule has 0 saturated heterocycles. The molecule has 0 aliphatic rings. The predicted molar refractivity (Wildman–Crippen MR) is 112 cm³/mol. The number of nitrogens with zero attached hydrogens (tertiary/aromatic N) is 3.